The number of hydrogen-bond donors (Lipinski definition) is 1. The first-order chi connectivity index (χ1) is 8.48. The maximum absolute atomic E-state index is 11.8. The van der Waals surface area contributed by atoms with Crippen molar-refractivity contribution in [2.45, 2.75) is 17.3 Å². The second-order valence-electron chi connectivity index (χ2n) is 3.65. The summed E-state index contributed by atoms with van der Waals surface area (Å²) in [6.45, 7) is 1.63. The first kappa shape index (κ1) is 13.8. The number of carbonyl (C=O) groups excluding carboxylic acids is 1. The highest BCUT2D eigenvalue weighted by molar-refractivity contribution is 8.21. The zero-order chi connectivity index (χ0) is 13.2. The summed E-state index contributed by atoms with van der Waals surface area (Å²) in [7, 11) is -3.71. The van der Waals surface area contributed by atoms with Crippen molar-refractivity contribution in [3.63, 3.8) is 0 Å². The number of oxazole rings is 1. The molecule has 2 heterocycles. The lowest BCUT2D eigenvalue weighted by atomic mass is 10.4. The topological polar surface area (TPSA) is 89.3 Å². The van der Waals surface area contributed by atoms with E-state index in [0.717, 1.165) is 11.5 Å². The zero-order valence-electron chi connectivity index (χ0n) is 9.58. The van der Waals surface area contributed by atoms with E-state index >= 15 is 0 Å². The predicted molar refractivity (Wildman–Crippen MR) is 70.7 cm³/mol. The molecule has 0 radical (unpaired) electrons. The predicted octanol–water partition coefficient (Wildman–Crippen LogP) is 0.735. The smallest absolute Gasteiger partial charge is 0.256 e. The van der Waals surface area contributed by atoms with Gasteiger partial charge in [-0.3, -0.25) is 9.52 Å². The summed E-state index contributed by atoms with van der Waals surface area (Å²) >= 11 is 2.91. The second-order valence-corrected chi connectivity index (χ2v) is 8.10. The summed E-state index contributed by atoms with van der Waals surface area (Å²) in [6, 6.07) is 0. The van der Waals surface area contributed by atoms with E-state index in [1.807, 2.05) is 0 Å². The Morgan fingerprint density at radius 2 is 2.22 bits per heavy atom. The van der Waals surface area contributed by atoms with Crippen LogP contribution in [0.2, 0.25) is 0 Å². The average Bonchev–Trinajstić information content (AvgIpc) is 2.89. The third kappa shape index (κ3) is 3.42. The van der Waals surface area contributed by atoms with E-state index in [1.54, 1.807) is 6.92 Å². The van der Waals surface area contributed by atoms with Crippen LogP contribution in [0.3, 0.4) is 0 Å². The van der Waals surface area contributed by atoms with Gasteiger partial charge < -0.3 is 4.42 Å². The van der Waals surface area contributed by atoms with Crippen molar-refractivity contribution in [1.29, 1.82) is 0 Å². The van der Waals surface area contributed by atoms with Gasteiger partial charge in [0, 0.05) is 11.5 Å². The van der Waals surface area contributed by atoms with Gasteiger partial charge in [-0.2, -0.15) is 0 Å². The molecule has 1 N–H and O–H groups in total. The van der Waals surface area contributed by atoms with Crippen LogP contribution in [-0.4, -0.2) is 35.4 Å². The zero-order valence-corrected chi connectivity index (χ0v) is 12.0. The molecule has 6 nitrogen and oxygen atoms in total. The maximum Gasteiger partial charge on any atom is 0.256 e. The Bertz CT molecular complexity index is 534. The van der Waals surface area contributed by atoms with Gasteiger partial charge in [0.25, 0.3) is 5.91 Å². The molecule has 0 aromatic carbocycles. The second kappa shape index (κ2) is 5.54. The standard InChI is InChI=1S/C9H12N2O4S3/c1-6-7(10-5-15-6)4-18(13,14)11-8(12)9-16-2-3-17-9/h5,9H,2-4H2,1H3,(H,11,12). The number of aromatic nitrogens is 1. The highest BCUT2D eigenvalue weighted by Crippen LogP contribution is 2.31. The molecule has 1 aliphatic heterocycles. The summed E-state index contributed by atoms with van der Waals surface area (Å²) in [5.41, 5.74) is 0.321. The first-order valence-electron chi connectivity index (χ1n) is 5.14. The molecule has 18 heavy (non-hydrogen) atoms. The summed E-state index contributed by atoms with van der Waals surface area (Å²) < 4.78 is 30.2. The van der Waals surface area contributed by atoms with Crippen LogP contribution in [0.5, 0.6) is 0 Å². The van der Waals surface area contributed by atoms with E-state index in [-0.39, 0.29) is 10.3 Å². The van der Waals surface area contributed by atoms with Crippen molar-refractivity contribution in [3.8, 4) is 0 Å². The third-order valence-electron chi connectivity index (χ3n) is 2.26. The quantitative estimate of drug-likeness (QED) is 0.877. The first-order valence-corrected chi connectivity index (χ1v) is 8.89. The van der Waals surface area contributed by atoms with E-state index in [0.29, 0.717) is 11.5 Å². The highest BCUT2D eigenvalue weighted by atomic mass is 32.2. The molecule has 9 heteroatoms. The highest BCUT2D eigenvalue weighted by Gasteiger charge is 2.28. The van der Waals surface area contributed by atoms with Crippen LogP contribution in [0.25, 0.3) is 0 Å². The lowest BCUT2D eigenvalue weighted by molar-refractivity contribution is -0.117. The van der Waals surface area contributed by atoms with Crippen molar-refractivity contribution in [2.75, 3.05) is 11.5 Å². The molecule has 0 atom stereocenters. The van der Waals surface area contributed by atoms with Crippen LogP contribution in [-0.2, 0) is 20.6 Å². The fraction of sp³-hybridized carbons (Fsp3) is 0.556. The van der Waals surface area contributed by atoms with Gasteiger partial charge in [-0.1, -0.05) is 0 Å². The molecule has 1 saturated heterocycles. The number of aryl methyl sites for hydroxylation is 1. The molecule has 0 aliphatic carbocycles. The van der Waals surface area contributed by atoms with Crippen molar-refractivity contribution < 1.29 is 17.6 Å². The third-order valence-corrected chi connectivity index (χ3v) is 6.42. The molecule has 1 aromatic rings. The molecular weight excluding hydrogens is 296 g/mol. The molecule has 0 spiro atoms. The monoisotopic (exact) mass is 308 g/mol. The number of nitrogens with zero attached hydrogens (tertiary/aromatic N) is 1. The fourth-order valence-corrected chi connectivity index (χ4v) is 5.26. The molecule has 1 aliphatic rings. The number of carbonyl (C=O) groups is 1. The minimum Gasteiger partial charge on any atom is -0.448 e. The van der Waals surface area contributed by atoms with Gasteiger partial charge in [0.1, 0.15) is 16.1 Å². The minimum atomic E-state index is -3.71. The average molecular weight is 308 g/mol. The summed E-state index contributed by atoms with van der Waals surface area (Å²) in [6.07, 6.45) is 1.19. The minimum absolute atomic E-state index is 0.321. The molecule has 2 rings (SSSR count). The molecule has 100 valence electrons. The largest absolute Gasteiger partial charge is 0.448 e. The van der Waals surface area contributed by atoms with Crippen LogP contribution in [0.15, 0.2) is 10.8 Å². The summed E-state index contributed by atoms with van der Waals surface area (Å²) in [4.78, 5) is 15.5. The Kier molecular flexibility index (Phi) is 4.23. The number of amides is 1. The molecule has 0 saturated carbocycles. The van der Waals surface area contributed by atoms with Gasteiger partial charge in [0.05, 0.1) is 5.69 Å². The number of nitrogens with one attached hydrogen (secondary N) is 1. The van der Waals surface area contributed by atoms with Crippen LogP contribution in [0.1, 0.15) is 11.5 Å². The Hall–Kier alpha value is -0.670. The molecular formula is C9H12N2O4S3. The van der Waals surface area contributed by atoms with Crippen molar-refractivity contribution in [3.05, 3.63) is 17.8 Å². The van der Waals surface area contributed by atoms with Crippen molar-refractivity contribution in [2.24, 2.45) is 0 Å². The van der Waals surface area contributed by atoms with Crippen LogP contribution < -0.4 is 4.72 Å². The van der Waals surface area contributed by atoms with Crippen LogP contribution in [0.4, 0.5) is 0 Å². The van der Waals surface area contributed by atoms with Gasteiger partial charge >= 0.3 is 0 Å². The normalized spacial score (nSPS) is 16.9. The van der Waals surface area contributed by atoms with Gasteiger partial charge in [0.2, 0.25) is 10.0 Å². The van der Waals surface area contributed by atoms with E-state index in [2.05, 4.69) is 9.71 Å². The summed E-state index contributed by atoms with van der Waals surface area (Å²) in [5, 5.41) is 0. The molecule has 0 unspecified atom stereocenters. The number of thioether (sulfide) groups is 2. The van der Waals surface area contributed by atoms with Crippen LogP contribution >= 0.6 is 23.5 Å². The Morgan fingerprint density at radius 1 is 1.56 bits per heavy atom. The maximum atomic E-state index is 11.8. The van der Waals surface area contributed by atoms with Gasteiger partial charge in [0.15, 0.2) is 6.39 Å². The Labute approximate surface area is 113 Å². The van der Waals surface area contributed by atoms with Gasteiger partial charge in [-0.25, -0.2) is 13.4 Å². The van der Waals surface area contributed by atoms with E-state index in [9.17, 15) is 13.2 Å². The molecule has 0 bridgehead atoms. The fourth-order valence-electron chi connectivity index (χ4n) is 1.39. The van der Waals surface area contributed by atoms with Gasteiger partial charge in [-0.05, 0) is 6.92 Å². The number of hydrogen-bond acceptors (Lipinski definition) is 7. The molecule has 1 amide bonds. The van der Waals surface area contributed by atoms with Crippen molar-refractivity contribution in [1.82, 2.24) is 9.71 Å². The SMILES string of the molecule is Cc1ocnc1CS(=O)(=O)NC(=O)C1SCCS1. The molecule has 1 fully saturated rings. The lowest BCUT2D eigenvalue weighted by Crippen LogP contribution is -2.36. The number of sulfonamides is 1. The van der Waals surface area contributed by atoms with E-state index in [1.165, 1.54) is 29.9 Å². The van der Waals surface area contributed by atoms with Crippen molar-refractivity contribution >= 4 is 39.5 Å². The van der Waals surface area contributed by atoms with Gasteiger partial charge in [-0.15, -0.1) is 23.5 Å². The summed E-state index contributed by atoms with van der Waals surface area (Å²) in [5.74, 6) is 1.36. The Morgan fingerprint density at radius 3 is 2.78 bits per heavy atom. The number of rotatable bonds is 4. The van der Waals surface area contributed by atoms with E-state index in [4.69, 9.17) is 4.42 Å². The molecule has 1 aromatic heterocycles. The Balaban J connectivity index is 1.99. The lowest BCUT2D eigenvalue weighted by Gasteiger charge is -2.09. The van der Waals surface area contributed by atoms with Crippen LogP contribution in [0, 0.1) is 6.92 Å². The van der Waals surface area contributed by atoms with E-state index < -0.39 is 15.9 Å².